The monoisotopic (exact) mass is 409 g/mol. The summed E-state index contributed by atoms with van der Waals surface area (Å²) in [7, 11) is 1.63. The van der Waals surface area contributed by atoms with Crippen LogP contribution in [-0.4, -0.2) is 34.5 Å². The molecule has 1 aliphatic heterocycles. The second-order valence-corrected chi connectivity index (χ2v) is 7.81. The van der Waals surface area contributed by atoms with Crippen LogP contribution in [0.1, 0.15) is 28.0 Å². The van der Waals surface area contributed by atoms with E-state index in [1.54, 1.807) is 13.4 Å². The predicted molar refractivity (Wildman–Crippen MR) is 123 cm³/mol. The van der Waals surface area contributed by atoms with Crippen molar-refractivity contribution in [3.05, 3.63) is 78.0 Å². The molecule has 0 aliphatic carbocycles. The van der Waals surface area contributed by atoms with Crippen LogP contribution in [0.5, 0.6) is 0 Å². The first-order chi connectivity index (χ1) is 15.2. The van der Waals surface area contributed by atoms with Gasteiger partial charge in [0.2, 0.25) is 0 Å². The molecule has 0 fully saturated rings. The van der Waals surface area contributed by atoms with Gasteiger partial charge in [0.25, 0.3) is 5.91 Å². The molecule has 0 radical (unpaired) electrons. The number of benzene rings is 2. The summed E-state index contributed by atoms with van der Waals surface area (Å²) in [5, 5.41) is 4.75. The van der Waals surface area contributed by atoms with Gasteiger partial charge in [-0.2, -0.15) is 0 Å². The average molecular weight is 409 g/mol. The number of hydrogen-bond acceptors (Lipinski definition) is 5. The molecule has 2 aromatic heterocycles. The quantitative estimate of drug-likeness (QED) is 0.542. The van der Waals surface area contributed by atoms with Gasteiger partial charge in [-0.3, -0.25) is 4.79 Å². The number of nitrogens with one attached hydrogen (secondary N) is 1. The van der Waals surface area contributed by atoms with E-state index >= 15 is 0 Å². The Labute approximate surface area is 181 Å². The SMILES string of the molecule is CNC(=O)c1cc2ccccc2c(N2CCCc3cc(-c4cncnc4)c(C)cc32)n1. The second kappa shape index (κ2) is 7.80. The van der Waals surface area contributed by atoms with Crippen molar-refractivity contribution >= 4 is 28.2 Å². The molecule has 6 heteroatoms. The molecule has 0 spiro atoms. The molecule has 1 N–H and O–H groups in total. The zero-order valence-corrected chi connectivity index (χ0v) is 17.6. The molecule has 31 heavy (non-hydrogen) atoms. The number of pyridine rings is 1. The zero-order valence-electron chi connectivity index (χ0n) is 17.6. The number of aryl methyl sites for hydroxylation is 2. The fourth-order valence-corrected chi connectivity index (χ4v) is 4.34. The molecule has 0 saturated carbocycles. The first-order valence-electron chi connectivity index (χ1n) is 10.4. The molecule has 0 atom stereocenters. The maximum Gasteiger partial charge on any atom is 0.269 e. The fraction of sp³-hybridized carbons (Fsp3) is 0.200. The van der Waals surface area contributed by atoms with Crippen LogP contribution in [0.4, 0.5) is 11.5 Å². The zero-order chi connectivity index (χ0) is 21.4. The molecule has 5 rings (SSSR count). The molecule has 0 bridgehead atoms. The van der Waals surface area contributed by atoms with E-state index in [1.807, 2.05) is 36.7 Å². The Kier molecular flexibility index (Phi) is 4.82. The summed E-state index contributed by atoms with van der Waals surface area (Å²) in [4.78, 5) is 27.8. The van der Waals surface area contributed by atoms with Crippen molar-refractivity contribution in [3.8, 4) is 11.1 Å². The molecule has 4 aromatic rings. The third kappa shape index (κ3) is 3.40. The lowest BCUT2D eigenvalue weighted by Crippen LogP contribution is -2.27. The third-order valence-electron chi connectivity index (χ3n) is 5.85. The maximum absolute atomic E-state index is 12.4. The molecule has 6 nitrogen and oxygen atoms in total. The van der Waals surface area contributed by atoms with E-state index in [-0.39, 0.29) is 5.91 Å². The molecule has 1 amide bonds. The highest BCUT2D eigenvalue weighted by molar-refractivity contribution is 6.01. The van der Waals surface area contributed by atoms with E-state index < -0.39 is 0 Å². The molecule has 1 aliphatic rings. The van der Waals surface area contributed by atoms with Crippen LogP contribution in [0.15, 0.2) is 61.2 Å². The highest BCUT2D eigenvalue weighted by Crippen LogP contribution is 2.39. The Bertz CT molecular complexity index is 1290. The lowest BCUT2D eigenvalue weighted by molar-refractivity contribution is 0.0958. The Hall–Kier alpha value is -3.80. The van der Waals surface area contributed by atoms with Gasteiger partial charge in [0.15, 0.2) is 0 Å². The second-order valence-electron chi connectivity index (χ2n) is 7.81. The summed E-state index contributed by atoms with van der Waals surface area (Å²) in [5.41, 5.74) is 6.18. The third-order valence-corrected chi connectivity index (χ3v) is 5.85. The lowest BCUT2D eigenvalue weighted by atomic mass is 9.93. The molecular formula is C25H23N5O. The van der Waals surface area contributed by atoms with Crippen LogP contribution in [-0.2, 0) is 6.42 Å². The van der Waals surface area contributed by atoms with Gasteiger partial charge in [0, 0.05) is 42.6 Å². The van der Waals surface area contributed by atoms with Crippen LogP contribution in [0.25, 0.3) is 21.9 Å². The minimum Gasteiger partial charge on any atom is -0.354 e. The summed E-state index contributed by atoms with van der Waals surface area (Å²) in [5.74, 6) is 0.646. The van der Waals surface area contributed by atoms with Crippen LogP contribution in [0.2, 0.25) is 0 Å². The van der Waals surface area contributed by atoms with Crippen molar-refractivity contribution in [2.24, 2.45) is 0 Å². The molecule has 2 aromatic carbocycles. The van der Waals surface area contributed by atoms with E-state index in [0.29, 0.717) is 5.69 Å². The lowest BCUT2D eigenvalue weighted by Gasteiger charge is -2.32. The van der Waals surface area contributed by atoms with Gasteiger partial charge in [-0.25, -0.2) is 15.0 Å². The van der Waals surface area contributed by atoms with Gasteiger partial charge >= 0.3 is 0 Å². The fourth-order valence-electron chi connectivity index (χ4n) is 4.34. The predicted octanol–water partition coefficient (Wildman–Crippen LogP) is 4.44. The first-order valence-corrected chi connectivity index (χ1v) is 10.4. The van der Waals surface area contributed by atoms with E-state index in [9.17, 15) is 4.79 Å². The molecule has 154 valence electrons. The minimum absolute atomic E-state index is 0.181. The van der Waals surface area contributed by atoms with E-state index in [1.165, 1.54) is 5.56 Å². The van der Waals surface area contributed by atoms with Crippen LogP contribution in [0.3, 0.4) is 0 Å². The summed E-state index contributed by atoms with van der Waals surface area (Å²) in [6, 6.07) is 14.4. The molecule has 0 unspecified atom stereocenters. The highest BCUT2D eigenvalue weighted by atomic mass is 16.1. The number of carbonyl (C=O) groups is 1. The molecule has 0 saturated heterocycles. The van der Waals surface area contributed by atoms with Crippen molar-refractivity contribution in [2.45, 2.75) is 19.8 Å². The van der Waals surface area contributed by atoms with Crippen molar-refractivity contribution in [1.29, 1.82) is 0 Å². The summed E-state index contributed by atoms with van der Waals surface area (Å²) in [6.07, 6.45) is 7.27. The van der Waals surface area contributed by atoms with Gasteiger partial charge < -0.3 is 10.2 Å². The smallest absolute Gasteiger partial charge is 0.269 e. The normalized spacial score (nSPS) is 13.2. The number of fused-ring (bicyclic) bond motifs is 2. The largest absolute Gasteiger partial charge is 0.354 e. The minimum atomic E-state index is -0.181. The van der Waals surface area contributed by atoms with Gasteiger partial charge in [-0.1, -0.05) is 24.3 Å². The topological polar surface area (TPSA) is 71.0 Å². The van der Waals surface area contributed by atoms with E-state index in [4.69, 9.17) is 4.98 Å². The highest BCUT2D eigenvalue weighted by Gasteiger charge is 2.24. The average Bonchev–Trinajstić information content (AvgIpc) is 2.82. The van der Waals surface area contributed by atoms with Gasteiger partial charge in [-0.05, 0) is 60.0 Å². The van der Waals surface area contributed by atoms with Crippen molar-refractivity contribution in [3.63, 3.8) is 0 Å². The van der Waals surface area contributed by atoms with Gasteiger partial charge in [0.05, 0.1) is 0 Å². The van der Waals surface area contributed by atoms with Gasteiger partial charge in [-0.15, -0.1) is 0 Å². The molecular weight excluding hydrogens is 386 g/mol. The number of rotatable bonds is 3. The number of carbonyl (C=O) groups excluding carboxylic acids is 1. The molecule has 3 heterocycles. The number of anilines is 2. The summed E-state index contributed by atoms with van der Waals surface area (Å²) >= 11 is 0. The summed E-state index contributed by atoms with van der Waals surface area (Å²) < 4.78 is 0. The van der Waals surface area contributed by atoms with Gasteiger partial charge in [0.1, 0.15) is 17.8 Å². The number of hydrogen-bond donors (Lipinski definition) is 1. The van der Waals surface area contributed by atoms with E-state index in [2.05, 4.69) is 45.3 Å². The Balaban J connectivity index is 1.68. The van der Waals surface area contributed by atoms with Crippen LogP contribution >= 0.6 is 0 Å². The van der Waals surface area contributed by atoms with Crippen molar-refractivity contribution in [1.82, 2.24) is 20.3 Å². The van der Waals surface area contributed by atoms with Crippen molar-refractivity contribution in [2.75, 3.05) is 18.5 Å². The maximum atomic E-state index is 12.4. The van der Waals surface area contributed by atoms with Crippen molar-refractivity contribution < 1.29 is 4.79 Å². The number of nitrogens with zero attached hydrogens (tertiary/aromatic N) is 4. The standard InChI is InChI=1S/C25H23N5O/c1-16-10-23-18(11-21(16)19-13-27-15-28-14-19)7-5-9-30(23)24-20-8-4-3-6-17(20)12-22(29-24)25(31)26-2/h3-4,6,8,10-15H,5,7,9H2,1-2H3,(H,26,31). The van der Waals surface area contributed by atoms with Crippen LogP contribution in [0, 0.1) is 6.92 Å². The van der Waals surface area contributed by atoms with E-state index in [0.717, 1.165) is 58.4 Å². The Morgan fingerprint density at radius 3 is 2.71 bits per heavy atom. The number of aromatic nitrogens is 3. The Morgan fingerprint density at radius 1 is 1.10 bits per heavy atom. The summed E-state index contributed by atoms with van der Waals surface area (Å²) in [6.45, 7) is 2.97. The first kappa shape index (κ1) is 19.2. The van der Waals surface area contributed by atoms with Crippen LogP contribution < -0.4 is 10.2 Å². The Morgan fingerprint density at radius 2 is 1.90 bits per heavy atom. The number of amides is 1.